The van der Waals surface area contributed by atoms with Gasteiger partial charge in [-0.1, -0.05) is 41.9 Å². The summed E-state index contributed by atoms with van der Waals surface area (Å²) in [6.07, 6.45) is 0.959. The van der Waals surface area contributed by atoms with Crippen molar-refractivity contribution in [3.05, 3.63) is 64.7 Å². The van der Waals surface area contributed by atoms with Crippen LogP contribution in [0.5, 0.6) is 0 Å². The summed E-state index contributed by atoms with van der Waals surface area (Å²) in [5.74, 6) is 0. The maximum absolute atomic E-state index is 5.98. The summed E-state index contributed by atoms with van der Waals surface area (Å²) in [4.78, 5) is 2.33. The van der Waals surface area contributed by atoms with E-state index in [0.29, 0.717) is 6.04 Å². The first-order valence-corrected chi connectivity index (χ1v) is 7.25. The number of anilines is 1. The van der Waals surface area contributed by atoms with E-state index in [1.807, 2.05) is 30.3 Å². The van der Waals surface area contributed by atoms with Gasteiger partial charge >= 0.3 is 0 Å². The Bertz CT molecular complexity index is 551. The molecule has 0 saturated heterocycles. The standard InChI is InChI=1S/C17H21ClN2/c1-13(14-7-9-16(18)10-8-14)20(2)12-11-15-5-3-4-6-17(15)19/h3-10,13H,11-12,19H2,1-2H3. The molecule has 0 aliphatic carbocycles. The summed E-state index contributed by atoms with van der Waals surface area (Å²) in [5, 5.41) is 0.778. The lowest BCUT2D eigenvalue weighted by molar-refractivity contribution is 0.265. The van der Waals surface area contributed by atoms with E-state index in [4.69, 9.17) is 17.3 Å². The van der Waals surface area contributed by atoms with Crippen LogP contribution in [0.15, 0.2) is 48.5 Å². The Morgan fingerprint density at radius 1 is 1.10 bits per heavy atom. The van der Waals surface area contributed by atoms with Crippen molar-refractivity contribution in [2.75, 3.05) is 19.3 Å². The van der Waals surface area contributed by atoms with Gasteiger partial charge in [0.25, 0.3) is 0 Å². The fourth-order valence-corrected chi connectivity index (χ4v) is 2.37. The number of para-hydroxylation sites is 1. The van der Waals surface area contributed by atoms with Gasteiger partial charge in [-0.2, -0.15) is 0 Å². The molecule has 0 heterocycles. The quantitative estimate of drug-likeness (QED) is 0.837. The highest BCUT2D eigenvalue weighted by Gasteiger charge is 2.11. The van der Waals surface area contributed by atoms with Gasteiger partial charge < -0.3 is 5.73 Å². The Labute approximate surface area is 126 Å². The minimum atomic E-state index is 0.359. The number of nitrogens with two attached hydrogens (primary N) is 1. The molecule has 2 nitrogen and oxygen atoms in total. The molecule has 0 fully saturated rings. The van der Waals surface area contributed by atoms with E-state index in [1.165, 1.54) is 11.1 Å². The number of hydrogen-bond acceptors (Lipinski definition) is 2. The van der Waals surface area contributed by atoms with Crippen molar-refractivity contribution in [2.45, 2.75) is 19.4 Å². The predicted molar refractivity (Wildman–Crippen MR) is 87.1 cm³/mol. The topological polar surface area (TPSA) is 29.3 Å². The van der Waals surface area contributed by atoms with Crippen LogP contribution in [0, 0.1) is 0 Å². The second-order valence-electron chi connectivity index (χ2n) is 5.16. The molecule has 0 radical (unpaired) electrons. The molecule has 2 aromatic carbocycles. The lowest BCUT2D eigenvalue weighted by atomic mass is 10.1. The molecule has 2 aromatic rings. The average molecular weight is 289 g/mol. The number of nitrogens with zero attached hydrogens (tertiary/aromatic N) is 1. The predicted octanol–water partition coefficient (Wildman–Crippen LogP) is 4.16. The molecule has 0 aliphatic rings. The second kappa shape index (κ2) is 6.78. The van der Waals surface area contributed by atoms with Crippen LogP contribution in [-0.4, -0.2) is 18.5 Å². The monoisotopic (exact) mass is 288 g/mol. The van der Waals surface area contributed by atoms with Crippen molar-refractivity contribution in [2.24, 2.45) is 0 Å². The van der Waals surface area contributed by atoms with Crippen molar-refractivity contribution in [1.82, 2.24) is 4.90 Å². The summed E-state index contributed by atoms with van der Waals surface area (Å²) >= 11 is 5.93. The number of rotatable bonds is 5. The normalized spacial score (nSPS) is 12.6. The second-order valence-corrected chi connectivity index (χ2v) is 5.59. The van der Waals surface area contributed by atoms with Crippen LogP contribution >= 0.6 is 11.6 Å². The summed E-state index contributed by atoms with van der Waals surface area (Å²) in [7, 11) is 2.14. The first kappa shape index (κ1) is 14.9. The van der Waals surface area contributed by atoms with Crippen LogP contribution in [0.2, 0.25) is 5.02 Å². The van der Waals surface area contributed by atoms with Gasteiger partial charge in [-0.25, -0.2) is 0 Å². The zero-order valence-corrected chi connectivity index (χ0v) is 12.8. The summed E-state index contributed by atoms with van der Waals surface area (Å²) in [6, 6.07) is 16.5. The zero-order valence-electron chi connectivity index (χ0n) is 12.0. The maximum Gasteiger partial charge on any atom is 0.0406 e. The Kier molecular flexibility index (Phi) is 5.05. The number of halogens is 1. The molecule has 20 heavy (non-hydrogen) atoms. The molecule has 0 spiro atoms. The Morgan fingerprint density at radius 3 is 2.40 bits per heavy atom. The molecular formula is C17H21ClN2. The summed E-state index contributed by atoms with van der Waals surface area (Å²) in [5.41, 5.74) is 9.34. The molecule has 0 bridgehead atoms. The molecule has 2 N–H and O–H groups in total. The number of nitrogen functional groups attached to an aromatic ring is 1. The smallest absolute Gasteiger partial charge is 0.0406 e. The van der Waals surface area contributed by atoms with Gasteiger partial charge in [0, 0.05) is 23.3 Å². The van der Waals surface area contributed by atoms with Gasteiger partial charge in [0.15, 0.2) is 0 Å². The fourth-order valence-electron chi connectivity index (χ4n) is 2.25. The summed E-state index contributed by atoms with van der Waals surface area (Å²) < 4.78 is 0. The molecule has 0 amide bonds. The maximum atomic E-state index is 5.98. The Balaban J connectivity index is 1.96. The van der Waals surface area contributed by atoms with Crippen molar-refractivity contribution in [3.63, 3.8) is 0 Å². The van der Waals surface area contributed by atoms with Crippen molar-refractivity contribution >= 4 is 17.3 Å². The third kappa shape index (κ3) is 3.75. The number of likely N-dealkylation sites (N-methyl/N-ethyl adjacent to an activating group) is 1. The Hall–Kier alpha value is -1.51. The van der Waals surface area contributed by atoms with Crippen LogP contribution < -0.4 is 5.73 Å². The van der Waals surface area contributed by atoms with E-state index >= 15 is 0 Å². The highest BCUT2D eigenvalue weighted by Crippen LogP contribution is 2.21. The van der Waals surface area contributed by atoms with Crippen molar-refractivity contribution in [3.8, 4) is 0 Å². The number of benzene rings is 2. The van der Waals surface area contributed by atoms with E-state index in [1.54, 1.807) is 0 Å². The molecule has 1 unspecified atom stereocenters. The van der Waals surface area contributed by atoms with Gasteiger partial charge in [-0.15, -0.1) is 0 Å². The largest absolute Gasteiger partial charge is 0.399 e. The van der Waals surface area contributed by atoms with Crippen LogP contribution in [-0.2, 0) is 6.42 Å². The van der Waals surface area contributed by atoms with Gasteiger partial charge in [-0.05, 0) is 49.7 Å². The van der Waals surface area contributed by atoms with Gasteiger partial charge in [0.05, 0.1) is 0 Å². The third-order valence-corrected chi connectivity index (χ3v) is 4.05. The SMILES string of the molecule is CC(c1ccc(Cl)cc1)N(C)CCc1ccccc1N. The van der Waals surface area contributed by atoms with Crippen LogP contribution in [0.3, 0.4) is 0 Å². The van der Waals surface area contributed by atoms with Gasteiger partial charge in [-0.3, -0.25) is 4.90 Å². The summed E-state index contributed by atoms with van der Waals surface area (Å²) in [6.45, 7) is 3.18. The molecule has 0 aromatic heterocycles. The van der Waals surface area contributed by atoms with E-state index in [9.17, 15) is 0 Å². The van der Waals surface area contributed by atoms with E-state index in [2.05, 4.69) is 37.1 Å². The highest BCUT2D eigenvalue weighted by molar-refractivity contribution is 6.30. The zero-order chi connectivity index (χ0) is 14.5. The minimum absolute atomic E-state index is 0.359. The van der Waals surface area contributed by atoms with E-state index < -0.39 is 0 Å². The molecule has 3 heteroatoms. The number of hydrogen-bond donors (Lipinski definition) is 1. The molecule has 2 rings (SSSR count). The molecule has 106 valence electrons. The highest BCUT2D eigenvalue weighted by atomic mass is 35.5. The third-order valence-electron chi connectivity index (χ3n) is 3.80. The van der Waals surface area contributed by atoms with E-state index in [0.717, 1.165) is 23.7 Å². The molecule has 0 aliphatic heterocycles. The van der Waals surface area contributed by atoms with Crippen LogP contribution in [0.4, 0.5) is 5.69 Å². The van der Waals surface area contributed by atoms with Gasteiger partial charge in [0.1, 0.15) is 0 Å². The fraction of sp³-hybridized carbons (Fsp3) is 0.294. The first-order valence-electron chi connectivity index (χ1n) is 6.87. The molecule has 1 atom stereocenters. The lowest BCUT2D eigenvalue weighted by Gasteiger charge is -2.25. The molecular weight excluding hydrogens is 268 g/mol. The van der Waals surface area contributed by atoms with Crippen molar-refractivity contribution in [1.29, 1.82) is 0 Å². The van der Waals surface area contributed by atoms with Gasteiger partial charge in [0.2, 0.25) is 0 Å². The minimum Gasteiger partial charge on any atom is -0.399 e. The Morgan fingerprint density at radius 2 is 1.75 bits per heavy atom. The first-order chi connectivity index (χ1) is 9.58. The lowest BCUT2D eigenvalue weighted by Crippen LogP contribution is -2.25. The average Bonchev–Trinajstić information content (AvgIpc) is 2.46. The van der Waals surface area contributed by atoms with Crippen molar-refractivity contribution < 1.29 is 0 Å². The van der Waals surface area contributed by atoms with Crippen LogP contribution in [0.25, 0.3) is 0 Å². The van der Waals surface area contributed by atoms with Crippen LogP contribution in [0.1, 0.15) is 24.1 Å². The molecule has 0 saturated carbocycles. The van der Waals surface area contributed by atoms with E-state index in [-0.39, 0.29) is 0 Å².